The Morgan fingerprint density at radius 3 is 2.48 bits per heavy atom. The summed E-state index contributed by atoms with van der Waals surface area (Å²) in [6, 6.07) is 7.24. The summed E-state index contributed by atoms with van der Waals surface area (Å²) in [4.78, 5) is 36.7. The van der Waals surface area contributed by atoms with Crippen molar-refractivity contribution in [3.63, 3.8) is 0 Å². The summed E-state index contributed by atoms with van der Waals surface area (Å²) in [6.07, 6.45) is 1.35. The van der Waals surface area contributed by atoms with Crippen molar-refractivity contribution in [1.29, 1.82) is 0 Å². The summed E-state index contributed by atoms with van der Waals surface area (Å²) in [6.45, 7) is 1.76. The van der Waals surface area contributed by atoms with E-state index in [0.29, 0.717) is 17.7 Å². The lowest BCUT2D eigenvalue weighted by Gasteiger charge is -2.08. The molecule has 0 aliphatic heterocycles. The molecule has 0 saturated heterocycles. The van der Waals surface area contributed by atoms with Crippen molar-refractivity contribution < 1.29 is 19.2 Å². The number of hydrogen-bond acceptors (Lipinski definition) is 6. The zero-order chi connectivity index (χ0) is 17.0. The van der Waals surface area contributed by atoms with Crippen LogP contribution in [0.2, 0.25) is 0 Å². The van der Waals surface area contributed by atoms with E-state index in [9.17, 15) is 19.7 Å². The molecule has 1 heterocycles. The van der Waals surface area contributed by atoms with Crippen LogP contribution in [0.1, 0.15) is 34.1 Å². The zero-order valence-corrected chi connectivity index (χ0v) is 12.2. The number of carbonyl (C=O) groups is 2. The quantitative estimate of drug-likeness (QED) is 0.496. The molecular weight excluding hydrogens is 302 g/mol. The van der Waals surface area contributed by atoms with E-state index in [1.807, 2.05) is 0 Å². The third kappa shape index (κ3) is 3.67. The van der Waals surface area contributed by atoms with Crippen molar-refractivity contribution in [3.8, 4) is 11.6 Å². The minimum atomic E-state index is -0.894. The van der Waals surface area contributed by atoms with Crippen LogP contribution in [-0.4, -0.2) is 21.6 Å². The number of hydrogen-bond donors (Lipinski definition) is 1. The summed E-state index contributed by atoms with van der Waals surface area (Å²) < 4.78 is 5.43. The van der Waals surface area contributed by atoms with Crippen LogP contribution in [0.25, 0.3) is 0 Å². The number of carbonyl (C=O) groups excluding carboxylic acids is 2. The fraction of sp³-hybridized carbons (Fsp3) is 0.133. The van der Waals surface area contributed by atoms with Crippen LogP contribution in [0.3, 0.4) is 0 Å². The predicted molar refractivity (Wildman–Crippen MR) is 80.5 cm³/mol. The number of ketones is 1. The van der Waals surface area contributed by atoms with Gasteiger partial charge in [0.1, 0.15) is 17.5 Å². The Kier molecular flexibility index (Phi) is 4.65. The van der Waals surface area contributed by atoms with Gasteiger partial charge in [0.2, 0.25) is 5.88 Å². The third-order valence-corrected chi connectivity index (χ3v) is 3.02. The first-order chi connectivity index (χ1) is 10.9. The molecule has 0 aliphatic rings. The van der Waals surface area contributed by atoms with E-state index < -0.39 is 10.8 Å². The Hall–Kier alpha value is -3.29. The van der Waals surface area contributed by atoms with Crippen molar-refractivity contribution in [2.24, 2.45) is 5.73 Å². The Bertz CT molecular complexity index is 771. The molecule has 0 radical (unpaired) electrons. The maximum Gasteiger partial charge on any atom is 0.288 e. The number of nitrogens with two attached hydrogens (primary N) is 1. The van der Waals surface area contributed by atoms with E-state index in [1.54, 1.807) is 19.1 Å². The summed E-state index contributed by atoms with van der Waals surface area (Å²) in [5.74, 6) is -0.726. The number of benzene rings is 1. The lowest BCUT2D eigenvalue weighted by molar-refractivity contribution is -0.385. The smallest absolute Gasteiger partial charge is 0.288 e. The highest BCUT2D eigenvalue weighted by molar-refractivity contribution is 5.96. The van der Waals surface area contributed by atoms with Gasteiger partial charge >= 0.3 is 0 Å². The van der Waals surface area contributed by atoms with Crippen LogP contribution in [-0.2, 0) is 0 Å². The van der Waals surface area contributed by atoms with Gasteiger partial charge in [-0.05, 0) is 24.3 Å². The second-order valence-corrected chi connectivity index (χ2v) is 4.57. The standard InChI is InChI=1S/C15H13N3O5/c1-2-13(19)9-3-5-11(6-4-9)23-15-12(14(16)20)7-10(8-17-15)18(21)22/h3-8H,2H2,1H3,(H2,16,20). The lowest BCUT2D eigenvalue weighted by atomic mass is 10.1. The molecule has 1 aromatic carbocycles. The number of nitrogens with zero attached hydrogens (tertiary/aromatic N) is 2. The second-order valence-electron chi connectivity index (χ2n) is 4.57. The average molecular weight is 315 g/mol. The van der Waals surface area contributed by atoms with Gasteiger partial charge < -0.3 is 10.5 Å². The molecular formula is C15H13N3O5. The molecule has 2 rings (SSSR count). The van der Waals surface area contributed by atoms with Gasteiger partial charge in [0.15, 0.2) is 5.78 Å². The monoisotopic (exact) mass is 315 g/mol. The van der Waals surface area contributed by atoms with Gasteiger partial charge in [-0.1, -0.05) is 6.92 Å². The molecule has 0 saturated carbocycles. The van der Waals surface area contributed by atoms with Gasteiger partial charge in [-0.25, -0.2) is 4.98 Å². The van der Waals surface area contributed by atoms with E-state index in [-0.39, 0.29) is 22.9 Å². The fourth-order valence-electron chi connectivity index (χ4n) is 1.82. The zero-order valence-electron chi connectivity index (χ0n) is 12.2. The normalized spacial score (nSPS) is 10.1. The van der Waals surface area contributed by atoms with E-state index >= 15 is 0 Å². The van der Waals surface area contributed by atoms with Crippen molar-refractivity contribution in [2.75, 3.05) is 0 Å². The summed E-state index contributed by atoms with van der Waals surface area (Å²) in [7, 11) is 0. The first-order valence-electron chi connectivity index (χ1n) is 6.67. The summed E-state index contributed by atoms with van der Waals surface area (Å²) in [5.41, 5.74) is 5.16. The minimum absolute atomic E-state index is 0.0113. The molecule has 0 spiro atoms. The van der Waals surface area contributed by atoms with Gasteiger partial charge in [-0.3, -0.25) is 19.7 Å². The maximum absolute atomic E-state index is 11.5. The highest BCUT2D eigenvalue weighted by atomic mass is 16.6. The van der Waals surface area contributed by atoms with Crippen molar-refractivity contribution in [2.45, 2.75) is 13.3 Å². The molecule has 0 unspecified atom stereocenters. The molecule has 8 heteroatoms. The van der Waals surface area contributed by atoms with Crippen LogP contribution < -0.4 is 10.5 Å². The Morgan fingerprint density at radius 1 is 1.30 bits per heavy atom. The van der Waals surface area contributed by atoms with Crippen molar-refractivity contribution in [3.05, 3.63) is 57.8 Å². The van der Waals surface area contributed by atoms with Gasteiger partial charge in [0, 0.05) is 18.1 Å². The molecule has 0 atom stereocenters. The number of aromatic nitrogens is 1. The molecule has 0 aliphatic carbocycles. The van der Waals surface area contributed by atoms with Gasteiger partial charge in [-0.15, -0.1) is 0 Å². The Labute approximate surface area is 131 Å². The maximum atomic E-state index is 11.5. The number of Topliss-reactive ketones (excluding diaryl/α,β-unsaturated/α-hetero) is 1. The van der Waals surface area contributed by atoms with Crippen molar-refractivity contribution >= 4 is 17.4 Å². The van der Waals surface area contributed by atoms with Gasteiger partial charge in [0.05, 0.1) is 4.92 Å². The molecule has 118 valence electrons. The van der Waals surface area contributed by atoms with E-state index in [0.717, 1.165) is 12.3 Å². The SMILES string of the molecule is CCC(=O)c1ccc(Oc2ncc([N+](=O)[O-])cc2C(N)=O)cc1. The number of ether oxygens (including phenoxy) is 1. The average Bonchev–Trinajstić information content (AvgIpc) is 2.54. The fourth-order valence-corrected chi connectivity index (χ4v) is 1.82. The largest absolute Gasteiger partial charge is 0.438 e. The molecule has 8 nitrogen and oxygen atoms in total. The van der Waals surface area contributed by atoms with Crippen LogP contribution >= 0.6 is 0 Å². The predicted octanol–water partition coefficient (Wildman–Crippen LogP) is 2.47. The summed E-state index contributed by atoms with van der Waals surface area (Å²) >= 11 is 0. The number of amides is 1. The molecule has 0 fully saturated rings. The minimum Gasteiger partial charge on any atom is -0.438 e. The molecule has 23 heavy (non-hydrogen) atoms. The number of primary amides is 1. The number of pyridine rings is 1. The first-order valence-corrected chi connectivity index (χ1v) is 6.67. The highest BCUT2D eigenvalue weighted by Gasteiger charge is 2.18. The van der Waals surface area contributed by atoms with Crippen LogP contribution in [0.15, 0.2) is 36.5 Å². The number of nitro groups is 1. The molecule has 1 amide bonds. The Balaban J connectivity index is 2.30. The molecule has 2 N–H and O–H groups in total. The number of rotatable bonds is 6. The lowest BCUT2D eigenvalue weighted by Crippen LogP contribution is -2.13. The van der Waals surface area contributed by atoms with Crippen molar-refractivity contribution in [1.82, 2.24) is 4.98 Å². The van der Waals surface area contributed by atoms with E-state index in [1.165, 1.54) is 12.1 Å². The molecule has 0 bridgehead atoms. The van der Waals surface area contributed by atoms with E-state index in [4.69, 9.17) is 10.5 Å². The van der Waals surface area contributed by atoms with Crippen LogP contribution in [0.5, 0.6) is 11.6 Å². The first kappa shape index (κ1) is 16.1. The Morgan fingerprint density at radius 2 is 1.96 bits per heavy atom. The second kappa shape index (κ2) is 6.65. The third-order valence-electron chi connectivity index (χ3n) is 3.02. The van der Waals surface area contributed by atoms with Gasteiger partial charge in [-0.2, -0.15) is 0 Å². The van der Waals surface area contributed by atoms with Gasteiger partial charge in [0.25, 0.3) is 11.6 Å². The summed E-state index contributed by atoms with van der Waals surface area (Å²) in [5, 5.41) is 10.7. The van der Waals surface area contributed by atoms with Crippen LogP contribution in [0.4, 0.5) is 5.69 Å². The van der Waals surface area contributed by atoms with E-state index in [2.05, 4.69) is 4.98 Å². The topological polar surface area (TPSA) is 125 Å². The highest BCUT2D eigenvalue weighted by Crippen LogP contribution is 2.26. The van der Waals surface area contributed by atoms with Crippen LogP contribution in [0, 0.1) is 10.1 Å². The molecule has 1 aromatic heterocycles. The molecule has 2 aromatic rings.